The minimum absolute atomic E-state index is 0. The van der Waals surface area contributed by atoms with Gasteiger partial charge in [-0.25, -0.2) is 4.98 Å². The third-order valence-electron chi connectivity index (χ3n) is 3.14. The van der Waals surface area contributed by atoms with Gasteiger partial charge in [0.25, 0.3) is 0 Å². The minimum Gasteiger partial charge on any atom is -0.372 e. The van der Waals surface area contributed by atoms with E-state index >= 15 is 0 Å². The summed E-state index contributed by atoms with van der Waals surface area (Å²) in [6, 6.07) is 2.15. The molecule has 1 saturated heterocycles. The molecule has 2 aromatic rings. The number of nitrogens with zero attached hydrogens (tertiary/aromatic N) is 3. The van der Waals surface area contributed by atoms with Gasteiger partial charge in [0.05, 0.1) is 5.39 Å². The quantitative estimate of drug-likeness (QED) is 0.887. The highest BCUT2D eigenvalue weighted by molar-refractivity contribution is 7.18. The van der Waals surface area contributed by atoms with E-state index in [1.165, 1.54) is 4.88 Å². The molecule has 0 aliphatic carbocycles. The first kappa shape index (κ1) is 14.3. The number of nitrogens with one attached hydrogen (secondary N) is 2. The summed E-state index contributed by atoms with van der Waals surface area (Å²) in [5, 5.41) is 7.64. The molecule has 0 saturated carbocycles. The second-order valence-electron chi connectivity index (χ2n) is 4.44. The molecule has 0 bridgehead atoms. The Balaban J connectivity index is 0.00000133. The van der Waals surface area contributed by atoms with Crippen LogP contribution in [-0.2, 0) is 0 Å². The topological polar surface area (TPSA) is 53.1 Å². The number of fused-ring (bicyclic) bond motifs is 1. The number of rotatable bonds is 2. The van der Waals surface area contributed by atoms with Gasteiger partial charge in [0, 0.05) is 38.1 Å². The molecule has 0 radical (unpaired) electrons. The maximum atomic E-state index is 4.69. The van der Waals surface area contributed by atoms with Crippen LogP contribution in [-0.4, -0.2) is 43.2 Å². The van der Waals surface area contributed by atoms with E-state index in [-0.39, 0.29) is 12.4 Å². The van der Waals surface area contributed by atoms with Crippen molar-refractivity contribution in [1.82, 2.24) is 15.3 Å². The second kappa shape index (κ2) is 5.90. The van der Waals surface area contributed by atoms with Crippen molar-refractivity contribution in [2.45, 2.75) is 6.92 Å². The standard InChI is InChI=1S/C12H17N5S.ClH/c1-8-7-9-10(13-2)15-12(16-11(9)18-8)17-5-3-14-4-6-17;/h7,14H,3-6H2,1-2H3,(H,13,15,16);1H. The van der Waals surface area contributed by atoms with Crippen LogP contribution in [0.1, 0.15) is 4.88 Å². The summed E-state index contributed by atoms with van der Waals surface area (Å²) in [5.74, 6) is 1.77. The zero-order chi connectivity index (χ0) is 12.5. The lowest BCUT2D eigenvalue weighted by Gasteiger charge is -2.27. The normalized spacial score (nSPS) is 15.4. The Morgan fingerprint density at radius 2 is 2.05 bits per heavy atom. The van der Waals surface area contributed by atoms with Crippen LogP contribution < -0.4 is 15.5 Å². The van der Waals surface area contributed by atoms with Crippen molar-refractivity contribution in [3.63, 3.8) is 0 Å². The highest BCUT2D eigenvalue weighted by Crippen LogP contribution is 2.30. The molecule has 0 amide bonds. The summed E-state index contributed by atoms with van der Waals surface area (Å²) in [6.07, 6.45) is 0. The van der Waals surface area contributed by atoms with Crippen molar-refractivity contribution in [1.29, 1.82) is 0 Å². The molecule has 1 aliphatic heterocycles. The van der Waals surface area contributed by atoms with Crippen molar-refractivity contribution in [2.75, 3.05) is 43.4 Å². The Kier molecular flexibility index (Phi) is 4.44. The van der Waals surface area contributed by atoms with E-state index in [1.54, 1.807) is 11.3 Å². The number of halogens is 1. The van der Waals surface area contributed by atoms with Crippen LogP contribution in [0, 0.1) is 6.92 Å². The van der Waals surface area contributed by atoms with E-state index < -0.39 is 0 Å². The van der Waals surface area contributed by atoms with E-state index in [0.717, 1.165) is 48.2 Å². The van der Waals surface area contributed by atoms with E-state index in [0.29, 0.717) is 0 Å². The molecule has 1 fully saturated rings. The van der Waals surface area contributed by atoms with Gasteiger partial charge in [-0.2, -0.15) is 4.98 Å². The van der Waals surface area contributed by atoms with E-state index in [1.807, 2.05) is 7.05 Å². The lowest BCUT2D eigenvalue weighted by Crippen LogP contribution is -2.44. The molecule has 0 unspecified atom stereocenters. The average molecular weight is 300 g/mol. The molecule has 104 valence electrons. The van der Waals surface area contributed by atoms with E-state index in [9.17, 15) is 0 Å². The number of piperazine rings is 1. The molecule has 5 nitrogen and oxygen atoms in total. The first-order valence-corrected chi connectivity index (χ1v) is 7.01. The SMILES string of the molecule is CNc1nc(N2CCNCC2)nc2sc(C)cc12.Cl. The number of anilines is 2. The molecule has 3 heterocycles. The van der Waals surface area contributed by atoms with Crippen molar-refractivity contribution in [2.24, 2.45) is 0 Å². The highest BCUT2D eigenvalue weighted by atomic mass is 35.5. The van der Waals surface area contributed by atoms with Crippen LogP contribution in [0.5, 0.6) is 0 Å². The van der Waals surface area contributed by atoms with Crippen molar-refractivity contribution in [3.05, 3.63) is 10.9 Å². The van der Waals surface area contributed by atoms with Gasteiger partial charge in [-0.1, -0.05) is 0 Å². The summed E-state index contributed by atoms with van der Waals surface area (Å²) in [4.78, 5) is 13.9. The highest BCUT2D eigenvalue weighted by Gasteiger charge is 2.16. The van der Waals surface area contributed by atoms with Gasteiger partial charge in [0.2, 0.25) is 5.95 Å². The van der Waals surface area contributed by atoms with Gasteiger partial charge in [-0.05, 0) is 13.0 Å². The zero-order valence-corrected chi connectivity index (χ0v) is 12.7. The molecular formula is C12H18ClN5S. The zero-order valence-electron chi connectivity index (χ0n) is 11.1. The van der Waals surface area contributed by atoms with Crippen LogP contribution in [0.4, 0.5) is 11.8 Å². The fraction of sp³-hybridized carbons (Fsp3) is 0.500. The van der Waals surface area contributed by atoms with Crippen molar-refractivity contribution in [3.8, 4) is 0 Å². The number of hydrogen-bond acceptors (Lipinski definition) is 6. The van der Waals surface area contributed by atoms with Crippen molar-refractivity contribution >= 4 is 45.7 Å². The minimum atomic E-state index is 0. The largest absolute Gasteiger partial charge is 0.372 e. The Morgan fingerprint density at radius 1 is 1.32 bits per heavy atom. The van der Waals surface area contributed by atoms with Gasteiger partial charge in [-0.15, -0.1) is 23.7 Å². The summed E-state index contributed by atoms with van der Waals surface area (Å²) < 4.78 is 0. The molecule has 2 N–H and O–H groups in total. The van der Waals surface area contributed by atoms with E-state index in [2.05, 4.69) is 33.5 Å². The molecule has 0 atom stereocenters. The maximum Gasteiger partial charge on any atom is 0.228 e. The number of aromatic nitrogens is 2. The molecule has 0 aromatic carbocycles. The average Bonchev–Trinajstić information content (AvgIpc) is 2.78. The third-order valence-corrected chi connectivity index (χ3v) is 4.09. The Hall–Kier alpha value is -1.11. The van der Waals surface area contributed by atoms with Crippen LogP contribution in [0.15, 0.2) is 6.07 Å². The van der Waals surface area contributed by atoms with Gasteiger partial charge in [0.1, 0.15) is 10.6 Å². The smallest absolute Gasteiger partial charge is 0.228 e. The summed E-state index contributed by atoms with van der Waals surface area (Å²) in [6.45, 7) is 6.05. The fourth-order valence-corrected chi connectivity index (χ4v) is 3.10. The first-order valence-electron chi connectivity index (χ1n) is 6.19. The molecule has 7 heteroatoms. The monoisotopic (exact) mass is 299 g/mol. The molecule has 1 aliphatic rings. The summed E-state index contributed by atoms with van der Waals surface area (Å²) in [5.41, 5.74) is 0. The molecule has 2 aromatic heterocycles. The molecular weight excluding hydrogens is 282 g/mol. The van der Waals surface area contributed by atoms with Crippen LogP contribution >= 0.6 is 23.7 Å². The predicted octanol–water partition coefficient (Wildman–Crippen LogP) is 1.87. The Morgan fingerprint density at radius 3 is 2.74 bits per heavy atom. The predicted molar refractivity (Wildman–Crippen MR) is 84.0 cm³/mol. The Labute approximate surface area is 122 Å². The number of aryl methyl sites for hydroxylation is 1. The Bertz CT molecular complexity index is 564. The second-order valence-corrected chi connectivity index (χ2v) is 5.67. The first-order chi connectivity index (χ1) is 8.78. The molecule has 3 rings (SSSR count). The summed E-state index contributed by atoms with van der Waals surface area (Å²) in [7, 11) is 1.91. The molecule has 19 heavy (non-hydrogen) atoms. The van der Waals surface area contributed by atoms with Crippen molar-refractivity contribution < 1.29 is 0 Å². The van der Waals surface area contributed by atoms with Crippen LogP contribution in [0.3, 0.4) is 0 Å². The van der Waals surface area contributed by atoms with Gasteiger partial charge >= 0.3 is 0 Å². The maximum absolute atomic E-state index is 4.69. The number of thiophene rings is 1. The molecule has 0 spiro atoms. The van der Waals surface area contributed by atoms with Crippen LogP contribution in [0.2, 0.25) is 0 Å². The fourth-order valence-electron chi connectivity index (χ4n) is 2.23. The van der Waals surface area contributed by atoms with Crippen LogP contribution in [0.25, 0.3) is 10.2 Å². The van der Waals surface area contributed by atoms with E-state index in [4.69, 9.17) is 4.98 Å². The third kappa shape index (κ3) is 2.75. The van der Waals surface area contributed by atoms with Gasteiger partial charge in [0.15, 0.2) is 0 Å². The van der Waals surface area contributed by atoms with Gasteiger partial charge < -0.3 is 15.5 Å². The summed E-state index contributed by atoms with van der Waals surface area (Å²) >= 11 is 1.73. The number of hydrogen-bond donors (Lipinski definition) is 2. The lowest BCUT2D eigenvalue weighted by atomic mass is 10.3. The lowest BCUT2D eigenvalue weighted by molar-refractivity contribution is 0.581. The van der Waals surface area contributed by atoms with Gasteiger partial charge in [-0.3, -0.25) is 0 Å².